The van der Waals surface area contributed by atoms with E-state index in [1.807, 2.05) is 30.3 Å². The third-order valence-electron chi connectivity index (χ3n) is 3.80. The average molecular weight is 337 g/mol. The van der Waals surface area contributed by atoms with E-state index in [1.54, 1.807) is 23.7 Å². The van der Waals surface area contributed by atoms with Crippen LogP contribution >= 0.6 is 0 Å². The second-order valence-electron chi connectivity index (χ2n) is 5.39. The van der Waals surface area contributed by atoms with Crippen molar-refractivity contribution in [1.82, 2.24) is 15.0 Å². The molecule has 0 fully saturated rings. The molecule has 126 valence electrons. The fourth-order valence-electron chi connectivity index (χ4n) is 2.59. The van der Waals surface area contributed by atoms with E-state index < -0.39 is 17.2 Å². The lowest BCUT2D eigenvalue weighted by atomic mass is 9.97. The van der Waals surface area contributed by atoms with E-state index in [1.165, 1.54) is 12.3 Å². The molecule has 1 aromatic heterocycles. The number of carbonyl (C=O) groups excluding carboxylic acids is 1. The Morgan fingerprint density at radius 1 is 1.08 bits per heavy atom. The molecule has 7 heteroatoms. The summed E-state index contributed by atoms with van der Waals surface area (Å²) in [6, 6.07) is 15.3. The molecule has 0 saturated carbocycles. The Bertz CT molecular complexity index is 994. The molecule has 0 spiro atoms. The van der Waals surface area contributed by atoms with Crippen LogP contribution in [0.4, 0.5) is 0 Å². The van der Waals surface area contributed by atoms with Crippen molar-refractivity contribution >= 4 is 5.91 Å². The van der Waals surface area contributed by atoms with Gasteiger partial charge in [0.05, 0.1) is 6.54 Å². The van der Waals surface area contributed by atoms with Gasteiger partial charge in [-0.3, -0.25) is 19.4 Å². The number of carbonyl (C=O) groups is 1. The van der Waals surface area contributed by atoms with E-state index in [2.05, 4.69) is 4.98 Å². The molecule has 0 saturated heterocycles. The minimum absolute atomic E-state index is 0.0653. The third kappa shape index (κ3) is 3.41. The Morgan fingerprint density at radius 3 is 2.52 bits per heavy atom. The fourth-order valence-corrected chi connectivity index (χ4v) is 2.59. The number of aromatic nitrogens is 2. The average Bonchev–Trinajstić information content (AvgIpc) is 2.65. The van der Waals surface area contributed by atoms with Crippen LogP contribution in [0.2, 0.25) is 0 Å². The Balaban J connectivity index is 2.10. The topological polar surface area (TPSA) is 104 Å². The molecule has 1 heterocycles. The summed E-state index contributed by atoms with van der Waals surface area (Å²) in [6.45, 7) is 0.0653. The summed E-state index contributed by atoms with van der Waals surface area (Å²) in [6.07, 6.45) is 1.30. The lowest BCUT2D eigenvalue weighted by Crippen LogP contribution is -2.34. The highest BCUT2D eigenvalue weighted by Crippen LogP contribution is 2.25. The quantitative estimate of drug-likeness (QED) is 0.494. The zero-order valence-corrected chi connectivity index (χ0v) is 13.1. The molecule has 7 nitrogen and oxygen atoms in total. The lowest BCUT2D eigenvalue weighted by Gasteiger charge is -2.11. The molecular formula is C18H15N3O4. The van der Waals surface area contributed by atoms with Gasteiger partial charge in [0.1, 0.15) is 0 Å². The van der Waals surface area contributed by atoms with Crippen molar-refractivity contribution in [2.24, 2.45) is 0 Å². The lowest BCUT2D eigenvalue weighted by molar-refractivity contribution is 0.0707. The second kappa shape index (κ2) is 6.98. The summed E-state index contributed by atoms with van der Waals surface area (Å²) in [5, 5.41) is 8.95. The van der Waals surface area contributed by atoms with Crippen LogP contribution in [0.1, 0.15) is 15.9 Å². The van der Waals surface area contributed by atoms with Crippen molar-refractivity contribution in [1.29, 1.82) is 0 Å². The van der Waals surface area contributed by atoms with Gasteiger partial charge in [-0.25, -0.2) is 10.3 Å². The maximum Gasteiger partial charge on any atom is 0.328 e. The van der Waals surface area contributed by atoms with Crippen LogP contribution in [0.5, 0.6) is 0 Å². The number of nitrogens with zero attached hydrogens (tertiary/aromatic N) is 1. The summed E-state index contributed by atoms with van der Waals surface area (Å²) in [5.41, 5.74) is 3.03. The van der Waals surface area contributed by atoms with Gasteiger partial charge in [0.15, 0.2) is 0 Å². The number of amides is 1. The molecular weight excluding hydrogens is 322 g/mol. The zero-order chi connectivity index (χ0) is 17.8. The first kappa shape index (κ1) is 16.4. The van der Waals surface area contributed by atoms with Gasteiger partial charge >= 0.3 is 5.69 Å². The van der Waals surface area contributed by atoms with E-state index in [0.717, 1.165) is 10.1 Å². The van der Waals surface area contributed by atoms with Gasteiger partial charge in [0.2, 0.25) is 0 Å². The molecule has 0 bridgehead atoms. The summed E-state index contributed by atoms with van der Waals surface area (Å²) in [7, 11) is 0. The number of benzene rings is 2. The molecule has 3 rings (SSSR count). The van der Waals surface area contributed by atoms with E-state index >= 15 is 0 Å². The Hall–Kier alpha value is -3.45. The standard InChI is InChI=1S/C18H15N3O4/c22-16-8-9-19-18(24)21(16)11-12-6-7-14(17(23)20-25)15(10-12)13-4-2-1-3-5-13/h1-10,25H,11H2,(H,19,24)(H,20,23). The van der Waals surface area contributed by atoms with Crippen LogP contribution < -0.4 is 16.7 Å². The first-order valence-corrected chi connectivity index (χ1v) is 7.51. The normalized spacial score (nSPS) is 10.4. The van der Waals surface area contributed by atoms with Crippen molar-refractivity contribution in [2.45, 2.75) is 6.54 Å². The number of H-pyrrole nitrogens is 1. The number of aromatic amines is 1. The van der Waals surface area contributed by atoms with Crippen LogP contribution in [-0.2, 0) is 6.54 Å². The Labute approximate surface area is 142 Å². The number of hydrogen-bond donors (Lipinski definition) is 3. The van der Waals surface area contributed by atoms with Crippen LogP contribution in [0.25, 0.3) is 11.1 Å². The summed E-state index contributed by atoms with van der Waals surface area (Å²) >= 11 is 0. The molecule has 2 aromatic carbocycles. The van der Waals surface area contributed by atoms with E-state index in [9.17, 15) is 14.4 Å². The third-order valence-corrected chi connectivity index (χ3v) is 3.80. The molecule has 1 amide bonds. The van der Waals surface area contributed by atoms with Gasteiger partial charge in [0, 0.05) is 17.8 Å². The predicted octanol–water partition coefficient (Wildman–Crippen LogP) is 1.37. The predicted molar refractivity (Wildman–Crippen MR) is 91.6 cm³/mol. The van der Waals surface area contributed by atoms with Crippen molar-refractivity contribution in [3.8, 4) is 11.1 Å². The summed E-state index contributed by atoms with van der Waals surface area (Å²) < 4.78 is 1.07. The van der Waals surface area contributed by atoms with Gasteiger partial charge < -0.3 is 4.98 Å². The maximum atomic E-state index is 11.9. The van der Waals surface area contributed by atoms with Gasteiger partial charge in [0.25, 0.3) is 11.5 Å². The smallest absolute Gasteiger partial charge is 0.314 e. The summed E-state index contributed by atoms with van der Waals surface area (Å²) in [5.74, 6) is -0.639. The maximum absolute atomic E-state index is 11.9. The second-order valence-corrected chi connectivity index (χ2v) is 5.39. The zero-order valence-electron chi connectivity index (χ0n) is 13.1. The van der Waals surface area contributed by atoms with E-state index in [-0.39, 0.29) is 12.1 Å². The first-order chi connectivity index (χ1) is 12.1. The molecule has 0 atom stereocenters. The van der Waals surface area contributed by atoms with Gasteiger partial charge in [-0.2, -0.15) is 0 Å². The first-order valence-electron chi connectivity index (χ1n) is 7.51. The number of rotatable bonds is 4. The molecule has 0 unspecified atom stereocenters. The van der Waals surface area contributed by atoms with Crippen LogP contribution in [0, 0.1) is 0 Å². The molecule has 0 radical (unpaired) electrons. The number of hydrogen-bond acceptors (Lipinski definition) is 4. The monoisotopic (exact) mass is 337 g/mol. The van der Waals surface area contributed by atoms with Gasteiger partial charge in [-0.15, -0.1) is 0 Å². The highest BCUT2D eigenvalue weighted by molar-refractivity contribution is 6.00. The van der Waals surface area contributed by atoms with Crippen LogP contribution in [0.3, 0.4) is 0 Å². The highest BCUT2D eigenvalue weighted by Gasteiger charge is 2.13. The molecule has 3 aromatic rings. The number of hydroxylamine groups is 1. The Kier molecular flexibility index (Phi) is 4.58. The van der Waals surface area contributed by atoms with Crippen molar-refractivity contribution in [3.05, 3.63) is 92.8 Å². The van der Waals surface area contributed by atoms with Crippen molar-refractivity contribution in [2.75, 3.05) is 0 Å². The largest absolute Gasteiger partial charge is 0.328 e. The minimum Gasteiger partial charge on any atom is -0.314 e. The number of nitrogens with one attached hydrogen (secondary N) is 2. The van der Waals surface area contributed by atoms with Gasteiger partial charge in [-0.1, -0.05) is 36.4 Å². The summed E-state index contributed by atoms with van der Waals surface area (Å²) in [4.78, 5) is 38.1. The van der Waals surface area contributed by atoms with Gasteiger partial charge in [-0.05, 0) is 28.8 Å². The Morgan fingerprint density at radius 2 is 1.84 bits per heavy atom. The van der Waals surface area contributed by atoms with Crippen molar-refractivity contribution < 1.29 is 10.0 Å². The van der Waals surface area contributed by atoms with E-state index in [4.69, 9.17) is 5.21 Å². The molecule has 3 N–H and O–H groups in total. The molecule has 0 aliphatic carbocycles. The SMILES string of the molecule is O=C(NO)c1ccc(Cn2c(=O)cc[nH]c2=O)cc1-c1ccccc1. The molecule has 0 aliphatic heterocycles. The van der Waals surface area contributed by atoms with Crippen LogP contribution in [-0.4, -0.2) is 20.7 Å². The van der Waals surface area contributed by atoms with Crippen LogP contribution in [0.15, 0.2) is 70.4 Å². The fraction of sp³-hybridized carbons (Fsp3) is 0.0556. The van der Waals surface area contributed by atoms with Crippen molar-refractivity contribution in [3.63, 3.8) is 0 Å². The molecule has 25 heavy (non-hydrogen) atoms. The minimum atomic E-state index is -0.639. The highest BCUT2D eigenvalue weighted by atomic mass is 16.5. The molecule has 0 aliphatic rings. The van der Waals surface area contributed by atoms with E-state index in [0.29, 0.717) is 11.1 Å².